The van der Waals surface area contributed by atoms with Gasteiger partial charge >= 0.3 is 6.18 Å². The number of β-amino-alcohol motifs (C(OH)–C–C–N with tert-alkyl or cyclic N) is 1. The van der Waals surface area contributed by atoms with E-state index in [-0.39, 0.29) is 18.9 Å². The van der Waals surface area contributed by atoms with E-state index >= 15 is 0 Å². The van der Waals surface area contributed by atoms with Crippen molar-refractivity contribution in [3.8, 4) is 0 Å². The summed E-state index contributed by atoms with van der Waals surface area (Å²) in [5, 5.41) is 9.87. The van der Waals surface area contributed by atoms with Gasteiger partial charge in [-0.15, -0.1) is 0 Å². The molecular weight excluding hydrogens is 311 g/mol. The minimum absolute atomic E-state index is 0.0743. The number of alkyl halides is 3. The second kappa shape index (κ2) is 5.73. The van der Waals surface area contributed by atoms with E-state index in [0.717, 1.165) is 12.1 Å². The van der Waals surface area contributed by atoms with Crippen LogP contribution in [0.2, 0.25) is 0 Å². The Labute approximate surface area is 130 Å². The number of rotatable bonds is 2. The first-order valence-electron chi connectivity index (χ1n) is 7.04. The van der Waals surface area contributed by atoms with Crippen LogP contribution >= 0.6 is 0 Å². The molecule has 0 radical (unpaired) electrons. The molecule has 7 heteroatoms. The van der Waals surface area contributed by atoms with Crippen molar-refractivity contribution in [1.29, 1.82) is 0 Å². The summed E-state index contributed by atoms with van der Waals surface area (Å²) in [5.74, 6) is -0.377. The molecule has 0 saturated carbocycles. The van der Waals surface area contributed by atoms with Crippen molar-refractivity contribution >= 4 is 5.91 Å². The lowest BCUT2D eigenvalue weighted by atomic mass is 10.0. The van der Waals surface area contributed by atoms with E-state index in [1.807, 2.05) is 0 Å². The molecule has 0 unspecified atom stereocenters. The second-order valence-electron chi connectivity index (χ2n) is 5.50. The average Bonchev–Trinajstić information content (AvgIpc) is 3.15. The van der Waals surface area contributed by atoms with Gasteiger partial charge in [-0.25, -0.2) is 0 Å². The molecule has 2 aromatic rings. The second-order valence-corrected chi connectivity index (χ2v) is 5.50. The Kier molecular flexibility index (Phi) is 3.89. The Balaban J connectivity index is 1.92. The molecule has 2 atom stereocenters. The molecule has 1 amide bonds. The number of aliphatic hydroxyl groups excluding tert-OH is 1. The van der Waals surface area contributed by atoms with Gasteiger partial charge in [-0.2, -0.15) is 13.2 Å². The third kappa shape index (κ3) is 3.10. The largest absolute Gasteiger partial charge is 0.472 e. The number of furan rings is 1. The molecule has 2 heterocycles. The molecule has 1 aliphatic rings. The summed E-state index contributed by atoms with van der Waals surface area (Å²) in [6.45, 7) is 0.0743. The number of aliphatic hydroxyl groups is 1. The first-order chi connectivity index (χ1) is 10.9. The Morgan fingerprint density at radius 2 is 2.09 bits per heavy atom. The van der Waals surface area contributed by atoms with Gasteiger partial charge in [-0.1, -0.05) is 12.1 Å². The van der Waals surface area contributed by atoms with E-state index in [1.165, 1.54) is 35.6 Å². The number of halogens is 3. The van der Waals surface area contributed by atoms with Gasteiger partial charge in [-0.3, -0.25) is 4.79 Å². The highest BCUT2D eigenvalue weighted by molar-refractivity contribution is 5.94. The Hall–Kier alpha value is -2.28. The van der Waals surface area contributed by atoms with E-state index in [2.05, 4.69) is 0 Å². The molecule has 1 saturated heterocycles. The summed E-state index contributed by atoms with van der Waals surface area (Å²) in [6, 6.07) is 5.73. The number of nitrogens with zero attached hydrogens (tertiary/aromatic N) is 1. The molecular formula is C16H14F3NO3. The number of carbonyl (C=O) groups excluding carboxylic acids is 1. The van der Waals surface area contributed by atoms with Crippen LogP contribution in [0, 0.1) is 0 Å². The van der Waals surface area contributed by atoms with E-state index in [4.69, 9.17) is 4.42 Å². The maximum absolute atomic E-state index is 12.9. The van der Waals surface area contributed by atoms with Gasteiger partial charge in [-0.05, 0) is 30.2 Å². The van der Waals surface area contributed by atoms with Crippen LogP contribution in [0.1, 0.15) is 33.9 Å². The Morgan fingerprint density at radius 3 is 2.74 bits per heavy atom. The summed E-state index contributed by atoms with van der Waals surface area (Å²) in [7, 11) is 0. The molecule has 0 aliphatic carbocycles. The van der Waals surface area contributed by atoms with Gasteiger partial charge in [0, 0.05) is 6.54 Å². The van der Waals surface area contributed by atoms with Gasteiger partial charge in [0.1, 0.15) is 6.26 Å². The fourth-order valence-corrected chi connectivity index (χ4v) is 2.83. The van der Waals surface area contributed by atoms with Crippen LogP contribution < -0.4 is 0 Å². The lowest BCUT2D eigenvalue weighted by Gasteiger charge is -2.24. The van der Waals surface area contributed by atoms with Crippen LogP contribution in [0.4, 0.5) is 13.2 Å². The summed E-state index contributed by atoms with van der Waals surface area (Å²) < 4.78 is 43.5. The normalized spacial score (nSPS) is 21.7. The minimum atomic E-state index is -4.45. The van der Waals surface area contributed by atoms with Crippen molar-refractivity contribution in [2.24, 2.45) is 0 Å². The summed E-state index contributed by atoms with van der Waals surface area (Å²) in [4.78, 5) is 13.8. The topological polar surface area (TPSA) is 53.7 Å². The summed E-state index contributed by atoms with van der Waals surface area (Å²) >= 11 is 0. The smallest absolute Gasteiger partial charge is 0.416 e. The molecule has 3 rings (SSSR count). The first kappa shape index (κ1) is 15.6. The standard InChI is InChI=1S/C16H14F3NO3/c17-16(18,19)12-3-1-2-10(6-12)14-7-13(21)8-20(14)15(22)11-4-5-23-9-11/h1-6,9,13-14,21H,7-8H2/t13-,14-/m0/s1. The molecule has 1 N–H and O–H groups in total. The maximum Gasteiger partial charge on any atom is 0.416 e. The predicted molar refractivity (Wildman–Crippen MR) is 74.6 cm³/mol. The first-order valence-corrected chi connectivity index (χ1v) is 7.04. The SMILES string of the molecule is O=C(c1ccoc1)N1C[C@@H](O)C[C@H]1c1cccc(C(F)(F)F)c1. The summed E-state index contributed by atoms with van der Waals surface area (Å²) in [5.41, 5.74) is -0.114. The fourth-order valence-electron chi connectivity index (χ4n) is 2.83. The zero-order chi connectivity index (χ0) is 16.6. The zero-order valence-corrected chi connectivity index (χ0v) is 12.0. The Morgan fingerprint density at radius 1 is 1.30 bits per heavy atom. The van der Waals surface area contributed by atoms with Crippen LogP contribution in [0.3, 0.4) is 0 Å². The van der Waals surface area contributed by atoms with Crippen LogP contribution in [-0.2, 0) is 6.18 Å². The van der Waals surface area contributed by atoms with Crippen molar-refractivity contribution in [2.45, 2.75) is 24.7 Å². The molecule has 0 spiro atoms. The maximum atomic E-state index is 12.9. The van der Waals surface area contributed by atoms with Crippen molar-refractivity contribution in [2.75, 3.05) is 6.54 Å². The Bertz CT molecular complexity index is 697. The zero-order valence-electron chi connectivity index (χ0n) is 12.0. The summed E-state index contributed by atoms with van der Waals surface area (Å²) in [6.07, 6.45) is -2.40. The van der Waals surface area contributed by atoms with Gasteiger partial charge in [0.25, 0.3) is 5.91 Å². The highest BCUT2D eigenvalue weighted by Crippen LogP contribution is 2.36. The molecule has 1 fully saturated rings. The molecule has 122 valence electrons. The van der Waals surface area contributed by atoms with Gasteiger partial charge in [0.2, 0.25) is 0 Å². The molecule has 23 heavy (non-hydrogen) atoms. The monoisotopic (exact) mass is 325 g/mol. The van der Waals surface area contributed by atoms with Crippen molar-refractivity contribution in [1.82, 2.24) is 4.90 Å². The highest BCUT2D eigenvalue weighted by atomic mass is 19.4. The predicted octanol–water partition coefficient (Wildman–Crippen LogP) is 3.25. The van der Waals surface area contributed by atoms with E-state index in [0.29, 0.717) is 11.1 Å². The molecule has 1 aromatic heterocycles. The van der Waals surface area contributed by atoms with Gasteiger partial charge < -0.3 is 14.4 Å². The van der Waals surface area contributed by atoms with Crippen LogP contribution in [0.15, 0.2) is 47.3 Å². The molecule has 1 aromatic carbocycles. The van der Waals surface area contributed by atoms with E-state index in [1.54, 1.807) is 0 Å². The lowest BCUT2D eigenvalue weighted by Crippen LogP contribution is -2.31. The highest BCUT2D eigenvalue weighted by Gasteiger charge is 2.37. The van der Waals surface area contributed by atoms with E-state index in [9.17, 15) is 23.1 Å². The lowest BCUT2D eigenvalue weighted by molar-refractivity contribution is -0.137. The number of hydrogen-bond acceptors (Lipinski definition) is 3. The molecule has 0 bridgehead atoms. The molecule has 1 aliphatic heterocycles. The van der Waals surface area contributed by atoms with Crippen molar-refractivity contribution in [3.63, 3.8) is 0 Å². The number of benzene rings is 1. The van der Waals surface area contributed by atoms with Crippen molar-refractivity contribution < 1.29 is 27.5 Å². The quantitative estimate of drug-likeness (QED) is 0.922. The minimum Gasteiger partial charge on any atom is -0.472 e. The van der Waals surface area contributed by atoms with Crippen LogP contribution in [0.5, 0.6) is 0 Å². The fraction of sp³-hybridized carbons (Fsp3) is 0.312. The number of likely N-dealkylation sites (tertiary alicyclic amines) is 1. The van der Waals surface area contributed by atoms with Gasteiger partial charge in [0.15, 0.2) is 0 Å². The third-order valence-corrected chi connectivity index (χ3v) is 3.91. The van der Waals surface area contributed by atoms with Crippen LogP contribution in [-0.4, -0.2) is 28.6 Å². The average molecular weight is 325 g/mol. The van der Waals surface area contributed by atoms with E-state index < -0.39 is 23.9 Å². The third-order valence-electron chi connectivity index (χ3n) is 3.91. The van der Waals surface area contributed by atoms with Crippen LogP contribution in [0.25, 0.3) is 0 Å². The molecule has 4 nitrogen and oxygen atoms in total. The van der Waals surface area contributed by atoms with Gasteiger partial charge in [0.05, 0.1) is 29.5 Å². The number of carbonyl (C=O) groups is 1. The van der Waals surface area contributed by atoms with Crippen molar-refractivity contribution in [3.05, 3.63) is 59.5 Å². The number of hydrogen-bond donors (Lipinski definition) is 1. The number of amides is 1.